The van der Waals surface area contributed by atoms with Gasteiger partial charge in [0.15, 0.2) is 27.2 Å². The van der Waals surface area contributed by atoms with Gasteiger partial charge in [-0.3, -0.25) is 14.1 Å². The Morgan fingerprint density at radius 1 is 1.03 bits per heavy atom. The molecule has 0 aliphatic carbocycles. The summed E-state index contributed by atoms with van der Waals surface area (Å²) in [6, 6.07) is 11.6. The molecule has 0 atom stereocenters. The molecule has 2 aromatic carbocycles. The molecule has 33 heavy (non-hydrogen) atoms. The van der Waals surface area contributed by atoms with E-state index >= 15 is 0 Å². The van der Waals surface area contributed by atoms with Crippen LogP contribution in [0, 0.1) is 4.77 Å². The van der Waals surface area contributed by atoms with E-state index < -0.39 is 15.6 Å². The Morgan fingerprint density at radius 3 is 2.30 bits per heavy atom. The van der Waals surface area contributed by atoms with Gasteiger partial charge < -0.3 is 14.5 Å². The zero-order chi connectivity index (χ0) is 23.8. The Morgan fingerprint density at radius 2 is 1.70 bits per heavy atom. The lowest BCUT2D eigenvalue weighted by Gasteiger charge is -2.12. The van der Waals surface area contributed by atoms with Crippen molar-refractivity contribution in [2.24, 2.45) is 0 Å². The van der Waals surface area contributed by atoms with Crippen molar-refractivity contribution in [3.8, 4) is 17.2 Å². The summed E-state index contributed by atoms with van der Waals surface area (Å²) in [5.74, 6) is 0.846. The smallest absolute Gasteiger partial charge is 0.266 e. The molecule has 13 heteroatoms. The molecule has 170 valence electrons. The van der Waals surface area contributed by atoms with E-state index in [1.54, 1.807) is 12.1 Å². The normalized spacial score (nSPS) is 11.4. The lowest BCUT2D eigenvalue weighted by Crippen LogP contribution is -2.21. The molecule has 2 heterocycles. The van der Waals surface area contributed by atoms with E-state index in [1.807, 2.05) is 0 Å². The predicted molar refractivity (Wildman–Crippen MR) is 126 cm³/mol. The SMILES string of the molecule is COc1cc2[nH]c(=S)n(-c3ccc(S(=O)(=O)Nc4ccc(Cl)nn4)cc3)c(=O)c2cc1OC. The first-order valence-electron chi connectivity index (χ1n) is 9.27. The molecule has 0 saturated carbocycles. The average molecular weight is 506 g/mol. The molecule has 0 amide bonds. The molecular weight excluding hydrogens is 490 g/mol. The molecule has 0 saturated heterocycles. The maximum absolute atomic E-state index is 13.2. The molecule has 2 aromatic heterocycles. The number of hydrogen-bond donors (Lipinski definition) is 2. The summed E-state index contributed by atoms with van der Waals surface area (Å²) in [5, 5.41) is 7.73. The second-order valence-corrected chi connectivity index (χ2v) is 9.12. The third-order valence-electron chi connectivity index (χ3n) is 4.68. The Balaban J connectivity index is 1.74. The number of H-pyrrole nitrogens is 1. The first-order chi connectivity index (χ1) is 15.7. The van der Waals surface area contributed by atoms with Gasteiger partial charge in [-0.1, -0.05) is 11.6 Å². The fourth-order valence-corrected chi connectivity index (χ4v) is 4.51. The fourth-order valence-electron chi connectivity index (χ4n) is 3.12. The molecule has 0 bridgehead atoms. The number of aromatic amines is 1. The number of fused-ring (bicyclic) bond motifs is 1. The number of hydrogen-bond acceptors (Lipinski definition) is 8. The van der Waals surface area contributed by atoms with Gasteiger partial charge in [0.25, 0.3) is 15.6 Å². The second kappa shape index (κ2) is 8.81. The van der Waals surface area contributed by atoms with Crippen molar-refractivity contribution in [2.45, 2.75) is 4.90 Å². The largest absolute Gasteiger partial charge is 0.493 e. The Kier molecular flexibility index (Phi) is 6.06. The van der Waals surface area contributed by atoms with E-state index in [2.05, 4.69) is 19.9 Å². The van der Waals surface area contributed by atoms with Gasteiger partial charge in [-0.2, -0.15) is 0 Å². The zero-order valence-electron chi connectivity index (χ0n) is 17.2. The summed E-state index contributed by atoms with van der Waals surface area (Å²) in [5.41, 5.74) is 0.453. The van der Waals surface area contributed by atoms with Crippen molar-refractivity contribution in [3.05, 3.63) is 68.8 Å². The summed E-state index contributed by atoms with van der Waals surface area (Å²) in [7, 11) is -0.986. The van der Waals surface area contributed by atoms with E-state index in [0.717, 1.165) is 0 Å². The number of halogens is 1. The maximum Gasteiger partial charge on any atom is 0.266 e. The monoisotopic (exact) mass is 505 g/mol. The molecule has 4 aromatic rings. The maximum atomic E-state index is 13.2. The first kappa shape index (κ1) is 22.7. The van der Waals surface area contributed by atoms with Gasteiger partial charge in [-0.25, -0.2) is 8.42 Å². The van der Waals surface area contributed by atoms with Crippen LogP contribution in [0.15, 0.2) is 58.2 Å². The highest BCUT2D eigenvalue weighted by molar-refractivity contribution is 7.92. The third kappa shape index (κ3) is 4.40. The van der Waals surface area contributed by atoms with Crippen molar-refractivity contribution in [1.29, 1.82) is 0 Å². The van der Waals surface area contributed by atoms with Gasteiger partial charge in [0.05, 0.1) is 35.7 Å². The molecule has 0 aliphatic heterocycles. The van der Waals surface area contributed by atoms with Gasteiger partial charge in [0, 0.05) is 6.07 Å². The first-order valence-corrected chi connectivity index (χ1v) is 11.5. The summed E-state index contributed by atoms with van der Waals surface area (Å²) in [6.45, 7) is 0. The minimum atomic E-state index is -3.94. The van der Waals surface area contributed by atoms with E-state index in [-0.39, 0.29) is 20.6 Å². The highest BCUT2D eigenvalue weighted by atomic mass is 35.5. The number of methoxy groups -OCH3 is 2. The number of benzene rings is 2. The summed E-state index contributed by atoms with van der Waals surface area (Å²) < 4.78 is 39.5. The highest BCUT2D eigenvalue weighted by Crippen LogP contribution is 2.30. The molecular formula is C20H16ClN5O5S2. The van der Waals surface area contributed by atoms with E-state index in [0.29, 0.717) is 28.1 Å². The average Bonchev–Trinajstić information content (AvgIpc) is 2.80. The van der Waals surface area contributed by atoms with Crippen molar-refractivity contribution >= 4 is 50.6 Å². The van der Waals surface area contributed by atoms with Gasteiger partial charge in [0.2, 0.25) is 0 Å². The van der Waals surface area contributed by atoms with Crippen LogP contribution in [0.4, 0.5) is 5.82 Å². The van der Waals surface area contributed by atoms with Crippen LogP contribution in [0.1, 0.15) is 0 Å². The van der Waals surface area contributed by atoms with Crippen molar-refractivity contribution in [1.82, 2.24) is 19.7 Å². The van der Waals surface area contributed by atoms with E-state index in [9.17, 15) is 13.2 Å². The van der Waals surface area contributed by atoms with Crippen molar-refractivity contribution < 1.29 is 17.9 Å². The summed E-state index contributed by atoms with van der Waals surface area (Å²) in [4.78, 5) is 16.1. The van der Waals surface area contributed by atoms with Crippen LogP contribution in [-0.4, -0.2) is 42.4 Å². The van der Waals surface area contributed by atoms with Crippen LogP contribution in [0.5, 0.6) is 11.5 Å². The number of sulfonamides is 1. The number of ether oxygens (including phenoxy) is 2. The lowest BCUT2D eigenvalue weighted by atomic mass is 10.2. The van der Waals surface area contributed by atoms with Crippen LogP contribution in [-0.2, 0) is 10.0 Å². The fraction of sp³-hybridized carbons (Fsp3) is 0.100. The molecule has 0 spiro atoms. The third-order valence-corrected chi connectivity index (χ3v) is 6.53. The molecule has 10 nitrogen and oxygen atoms in total. The lowest BCUT2D eigenvalue weighted by molar-refractivity contribution is 0.355. The Bertz CT molecular complexity index is 1570. The van der Waals surface area contributed by atoms with E-state index in [4.69, 9.17) is 33.3 Å². The molecule has 0 unspecified atom stereocenters. The second-order valence-electron chi connectivity index (χ2n) is 6.66. The van der Waals surface area contributed by atoms with E-state index in [1.165, 1.54) is 55.2 Å². The predicted octanol–water partition coefficient (Wildman–Crippen LogP) is 3.31. The van der Waals surface area contributed by atoms with Crippen LogP contribution < -0.4 is 19.8 Å². The van der Waals surface area contributed by atoms with Crippen LogP contribution >= 0.6 is 23.8 Å². The van der Waals surface area contributed by atoms with Crippen molar-refractivity contribution in [3.63, 3.8) is 0 Å². The van der Waals surface area contributed by atoms with Crippen LogP contribution in [0.2, 0.25) is 5.15 Å². The topological polar surface area (TPSA) is 128 Å². The van der Waals surface area contributed by atoms with Gasteiger partial charge in [0.1, 0.15) is 0 Å². The minimum Gasteiger partial charge on any atom is -0.493 e. The zero-order valence-corrected chi connectivity index (χ0v) is 19.6. The number of nitrogens with one attached hydrogen (secondary N) is 2. The molecule has 4 rings (SSSR count). The van der Waals surface area contributed by atoms with Gasteiger partial charge in [-0.15, -0.1) is 10.2 Å². The van der Waals surface area contributed by atoms with Gasteiger partial charge >= 0.3 is 0 Å². The minimum absolute atomic E-state index is 0.0149. The van der Waals surface area contributed by atoms with Crippen molar-refractivity contribution in [2.75, 3.05) is 18.9 Å². The molecule has 0 radical (unpaired) electrons. The van der Waals surface area contributed by atoms with Gasteiger partial charge in [-0.05, 0) is 54.7 Å². The molecule has 2 N–H and O–H groups in total. The number of rotatable bonds is 6. The van der Waals surface area contributed by atoms with Crippen LogP contribution in [0.3, 0.4) is 0 Å². The molecule has 0 aliphatic rings. The number of aromatic nitrogens is 4. The number of anilines is 1. The molecule has 0 fully saturated rings. The highest BCUT2D eigenvalue weighted by Gasteiger charge is 2.17. The standard InChI is InChI=1S/C20H16ClN5O5S2/c1-30-15-9-13-14(10-16(15)31-2)22-20(32)26(19(13)27)11-3-5-12(6-4-11)33(28,29)25-18-8-7-17(21)23-24-18/h3-10H,1-2H3,(H,22,32)(H,24,25). The Labute approximate surface area is 197 Å². The summed E-state index contributed by atoms with van der Waals surface area (Å²) in [6.07, 6.45) is 0. The summed E-state index contributed by atoms with van der Waals surface area (Å²) >= 11 is 11.0. The quantitative estimate of drug-likeness (QED) is 0.382. The van der Waals surface area contributed by atoms with Crippen LogP contribution in [0.25, 0.3) is 16.6 Å². The Hall–Kier alpha value is -3.48. The number of nitrogens with zero attached hydrogens (tertiary/aromatic N) is 3.